The summed E-state index contributed by atoms with van der Waals surface area (Å²) >= 11 is 0. The molecule has 1 aromatic rings. The Hall–Kier alpha value is -1.84. The molecule has 1 saturated heterocycles. The Labute approximate surface area is 88.4 Å². The molecule has 78 valence electrons. The van der Waals surface area contributed by atoms with E-state index >= 15 is 0 Å². The first-order valence-electron chi connectivity index (χ1n) is 4.84. The highest BCUT2D eigenvalue weighted by Gasteiger charge is 2.29. The van der Waals surface area contributed by atoms with Crippen LogP contribution < -0.4 is 10.6 Å². The summed E-state index contributed by atoms with van der Waals surface area (Å²) in [6.07, 6.45) is 5.53. The van der Waals surface area contributed by atoms with E-state index < -0.39 is 0 Å². The molecule has 2 heterocycles. The van der Waals surface area contributed by atoms with Crippen LogP contribution in [0.2, 0.25) is 0 Å². The molecule has 2 rings (SSSR count). The first-order chi connectivity index (χ1) is 7.22. The fourth-order valence-corrected chi connectivity index (χ4v) is 1.77. The van der Waals surface area contributed by atoms with Crippen molar-refractivity contribution in [3.05, 3.63) is 31.1 Å². The third-order valence-corrected chi connectivity index (χ3v) is 2.61. The van der Waals surface area contributed by atoms with Gasteiger partial charge in [-0.25, -0.2) is 0 Å². The Morgan fingerprint density at radius 1 is 1.67 bits per heavy atom. The zero-order chi connectivity index (χ0) is 10.8. The summed E-state index contributed by atoms with van der Waals surface area (Å²) in [7, 11) is 0. The van der Waals surface area contributed by atoms with Gasteiger partial charge in [-0.05, 0) is 6.07 Å². The van der Waals surface area contributed by atoms with Crippen molar-refractivity contribution in [2.24, 2.45) is 5.92 Å². The number of anilines is 2. The van der Waals surface area contributed by atoms with Gasteiger partial charge >= 0.3 is 0 Å². The number of carbonyl (C=O) groups excluding carboxylic acids is 1. The van der Waals surface area contributed by atoms with Crippen molar-refractivity contribution in [2.45, 2.75) is 6.42 Å². The monoisotopic (exact) mass is 203 g/mol. The van der Waals surface area contributed by atoms with Gasteiger partial charge in [0.25, 0.3) is 0 Å². The molecule has 1 aliphatic rings. The highest BCUT2D eigenvalue weighted by atomic mass is 16.2. The molecule has 4 nitrogen and oxygen atoms in total. The van der Waals surface area contributed by atoms with Crippen LogP contribution in [0.25, 0.3) is 0 Å². The van der Waals surface area contributed by atoms with Crippen LogP contribution in [0.5, 0.6) is 0 Å². The van der Waals surface area contributed by atoms with Gasteiger partial charge in [-0.3, -0.25) is 9.78 Å². The highest BCUT2D eigenvalue weighted by Crippen LogP contribution is 2.28. The minimum Gasteiger partial charge on any atom is -0.396 e. The zero-order valence-electron chi connectivity index (χ0n) is 8.39. The van der Waals surface area contributed by atoms with Crippen LogP contribution in [-0.4, -0.2) is 17.4 Å². The average Bonchev–Trinajstić information content (AvgIpc) is 2.60. The molecule has 1 unspecified atom stereocenters. The molecule has 0 aromatic carbocycles. The number of pyridine rings is 1. The molecule has 0 aliphatic carbocycles. The first-order valence-corrected chi connectivity index (χ1v) is 4.84. The molecule has 0 radical (unpaired) electrons. The Morgan fingerprint density at radius 2 is 2.47 bits per heavy atom. The van der Waals surface area contributed by atoms with Gasteiger partial charge in [-0.15, -0.1) is 6.58 Å². The second-order valence-corrected chi connectivity index (χ2v) is 3.64. The number of hydrogen-bond donors (Lipinski definition) is 1. The van der Waals surface area contributed by atoms with Crippen LogP contribution in [0, 0.1) is 5.92 Å². The molecule has 1 atom stereocenters. The number of amides is 1. The molecule has 2 N–H and O–H groups in total. The smallest absolute Gasteiger partial charge is 0.227 e. The summed E-state index contributed by atoms with van der Waals surface area (Å²) in [4.78, 5) is 17.3. The highest BCUT2D eigenvalue weighted by molar-refractivity contribution is 5.98. The SMILES string of the molecule is C=CC1CC(=O)N(c2ccncc2N)C1. The van der Waals surface area contributed by atoms with E-state index in [1.54, 1.807) is 23.4 Å². The van der Waals surface area contributed by atoms with E-state index in [1.807, 2.05) is 6.08 Å². The third-order valence-electron chi connectivity index (χ3n) is 2.61. The quantitative estimate of drug-likeness (QED) is 0.735. The van der Waals surface area contributed by atoms with E-state index in [9.17, 15) is 4.79 Å². The maximum Gasteiger partial charge on any atom is 0.227 e. The van der Waals surface area contributed by atoms with Crippen molar-refractivity contribution in [3.8, 4) is 0 Å². The van der Waals surface area contributed by atoms with Gasteiger partial charge in [0, 0.05) is 25.1 Å². The van der Waals surface area contributed by atoms with Gasteiger partial charge in [0.15, 0.2) is 0 Å². The van der Waals surface area contributed by atoms with Crippen molar-refractivity contribution in [2.75, 3.05) is 17.2 Å². The molecule has 1 amide bonds. The maximum absolute atomic E-state index is 11.7. The van der Waals surface area contributed by atoms with Gasteiger partial charge < -0.3 is 10.6 Å². The second-order valence-electron chi connectivity index (χ2n) is 3.64. The van der Waals surface area contributed by atoms with Crippen molar-refractivity contribution < 1.29 is 4.79 Å². The topological polar surface area (TPSA) is 59.2 Å². The Morgan fingerprint density at radius 3 is 3.07 bits per heavy atom. The van der Waals surface area contributed by atoms with Crippen molar-refractivity contribution in [1.82, 2.24) is 4.98 Å². The lowest BCUT2D eigenvalue weighted by Crippen LogP contribution is -2.25. The lowest BCUT2D eigenvalue weighted by atomic mass is 10.1. The van der Waals surface area contributed by atoms with Crippen molar-refractivity contribution >= 4 is 17.3 Å². The summed E-state index contributed by atoms with van der Waals surface area (Å²) in [5, 5.41) is 0. The predicted molar refractivity (Wildman–Crippen MR) is 59.3 cm³/mol. The molecule has 15 heavy (non-hydrogen) atoms. The Bertz CT molecular complexity index is 403. The largest absolute Gasteiger partial charge is 0.396 e. The fourth-order valence-electron chi connectivity index (χ4n) is 1.77. The van der Waals surface area contributed by atoms with Gasteiger partial charge in [-0.1, -0.05) is 6.08 Å². The average molecular weight is 203 g/mol. The lowest BCUT2D eigenvalue weighted by Gasteiger charge is -2.17. The van der Waals surface area contributed by atoms with Crippen molar-refractivity contribution in [1.29, 1.82) is 0 Å². The molecule has 4 heteroatoms. The van der Waals surface area contributed by atoms with E-state index in [-0.39, 0.29) is 11.8 Å². The molecule has 0 saturated carbocycles. The van der Waals surface area contributed by atoms with Crippen LogP contribution in [0.1, 0.15) is 6.42 Å². The molecule has 0 bridgehead atoms. The van der Waals surface area contributed by atoms with Gasteiger partial charge in [0.05, 0.1) is 17.6 Å². The normalized spacial score (nSPS) is 20.7. The summed E-state index contributed by atoms with van der Waals surface area (Å²) in [6, 6.07) is 1.76. The first kappa shape index (κ1) is 9.71. The van der Waals surface area contributed by atoms with E-state index in [4.69, 9.17) is 5.73 Å². The van der Waals surface area contributed by atoms with E-state index in [1.165, 1.54) is 0 Å². The zero-order valence-corrected chi connectivity index (χ0v) is 8.39. The van der Waals surface area contributed by atoms with Crippen LogP contribution in [0.3, 0.4) is 0 Å². The third kappa shape index (κ3) is 1.70. The number of aromatic nitrogens is 1. The van der Waals surface area contributed by atoms with Gasteiger partial charge in [-0.2, -0.15) is 0 Å². The van der Waals surface area contributed by atoms with Crippen LogP contribution >= 0.6 is 0 Å². The van der Waals surface area contributed by atoms with Crippen LogP contribution in [-0.2, 0) is 4.79 Å². The fraction of sp³-hybridized carbons (Fsp3) is 0.273. The molecule has 0 spiro atoms. The molecular weight excluding hydrogens is 190 g/mol. The predicted octanol–water partition coefficient (Wildman–Crippen LogP) is 1.20. The van der Waals surface area contributed by atoms with E-state index in [2.05, 4.69) is 11.6 Å². The number of nitrogen functional groups attached to an aromatic ring is 1. The standard InChI is InChI=1S/C11H13N3O/c1-2-8-5-11(15)14(7-8)10-3-4-13-6-9(10)12/h2-4,6,8H,1,5,7,12H2. The number of nitrogens with two attached hydrogens (primary N) is 1. The summed E-state index contributed by atoms with van der Waals surface area (Å²) < 4.78 is 0. The summed E-state index contributed by atoms with van der Waals surface area (Å²) in [5.41, 5.74) is 7.05. The minimum absolute atomic E-state index is 0.0952. The lowest BCUT2D eigenvalue weighted by molar-refractivity contribution is -0.117. The molecule has 1 fully saturated rings. The van der Waals surface area contributed by atoms with Gasteiger partial charge in [0.2, 0.25) is 5.91 Å². The number of hydrogen-bond acceptors (Lipinski definition) is 3. The van der Waals surface area contributed by atoms with Gasteiger partial charge in [0.1, 0.15) is 0 Å². The van der Waals surface area contributed by atoms with Crippen LogP contribution in [0.4, 0.5) is 11.4 Å². The second kappa shape index (κ2) is 3.73. The Balaban J connectivity index is 2.29. The number of carbonyl (C=O) groups is 1. The molecular formula is C11H13N3O. The Kier molecular flexibility index (Phi) is 2.41. The summed E-state index contributed by atoms with van der Waals surface area (Å²) in [5.74, 6) is 0.322. The maximum atomic E-state index is 11.7. The number of nitrogens with zero attached hydrogens (tertiary/aromatic N) is 2. The van der Waals surface area contributed by atoms with Crippen LogP contribution in [0.15, 0.2) is 31.1 Å². The minimum atomic E-state index is 0.0952. The van der Waals surface area contributed by atoms with E-state index in [0.29, 0.717) is 18.7 Å². The molecule has 1 aliphatic heterocycles. The molecule has 1 aromatic heterocycles. The summed E-state index contributed by atoms with van der Waals surface area (Å²) in [6.45, 7) is 4.37. The van der Waals surface area contributed by atoms with Crippen molar-refractivity contribution in [3.63, 3.8) is 0 Å². The number of rotatable bonds is 2. The van der Waals surface area contributed by atoms with E-state index in [0.717, 1.165) is 5.69 Å².